The molecule has 208 valence electrons. The van der Waals surface area contributed by atoms with Crippen LogP contribution in [0.2, 0.25) is 0 Å². The van der Waals surface area contributed by atoms with Crippen molar-refractivity contribution in [1.82, 2.24) is 20.2 Å². The van der Waals surface area contributed by atoms with Crippen molar-refractivity contribution in [2.24, 2.45) is 0 Å². The van der Waals surface area contributed by atoms with E-state index in [1.165, 1.54) is 5.56 Å². The number of nitrogens with one attached hydrogen (secondary N) is 2. The van der Waals surface area contributed by atoms with Gasteiger partial charge in [-0.05, 0) is 104 Å². The standard InChI is InChI=1S/C29H43N5O4/c1-28(2,3)37-26(35)32-16-7-8-19-34(24-15-9-12-21-13-10-18-31-25(21)24)20-23-22(14-11-17-30-23)33-27(36)38-29(4,5)6/h10-11,13-14,17-18,24H,7-9,12,15-16,19-20H2,1-6H3,(H,32,35)(H,33,36). The average molecular weight is 526 g/mol. The molecule has 0 saturated carbocycles. The average Bonchev–Trinajstić information content (AvgIpc) is 2.81. The van der Waals surface area contributed by atoms with E-state index in [0.29, 0.717) is 18.8 Å². The van der Waals surface area contributed by atoms with Crippen molar-refractivity contribution in [2.45, 2.75) is 97.4 Å². The summed E-state index contributed by atoms with van der Waals surface area (Å²) in [6.45, 7) is 12.9. The van der Waals surface area contributed by atoms with Gasteiger partial charge < -0.3 is 14.8 Å². The molecular formula is C29H43N5O4. The van der Waals surface area contributed by atoms with Gasteiger partial charge >= 0.3 is 12.2 Å². The number of unbranched alkanes of at least 4 members (excludes halogenated alkanes) is 1. The number of hydrogen-bond acceptors (Lipinski definition) is 7. The Kier molecular flexibility index (Phi) is 10.1. The summed E-state index contributed by atoms with van der Waals surface area (Å²) in [5.74, 6) is 0. The third-order valence-corrected chi connectivity index (χ3v) is 6.03. The van der Waals surface area contributed by atoms with Crippen LogP contribution in [0.25, 0.3) is 0 Å². The number of fused-ring (bicyclic) bond motifs is 1. The second-order valence-corrected chi connectivity index (χ2v) is 11.7. The van der Waals surface area contributed by atoms with Crippen LogP contribution in [0.1, 0.15) is 90.2 Å². The number of hydrogen-bond donors (Lipinski definition) is 2. The summed E-state index contributed by atoms with van der Waals surface area (Å²) in [4.78, 5) is 36.2. The Bertz CT molecular complexity index is 1080. The second kappa shape index (κ2) is 13.0. The third kappa shape index (κ3) is 9.59. The van der Waals surface area contributed by atoms with Gasteiger partial charge in [-0.25, -0.2) is 9.59 Å². The van der Waals surface area contributed by atoms with Gasteiger partial charge in [0.05, 0.1) is 23.1 Å². The molecule has 0 saturated heterocycles. The van der Waals surface area contributed by atoms with Crippen LogP contribution in [0, 0.1) is 0 Å². The molecule has 0 aromatic carbocycles. The SMILES string of the molecule is CC(C)(C)OC(=O)NCCCCN(Cc1ncccc1NC(=O)OC(C)(C)C)C1CCCc2cccnc21. The lowest BCUT2D eigenvalue weighted by Gasteiger charge is -2.35. The summed E-state index contributed by atoms with van der Waals surface area (Å²) in [6, 6.07) is 7.96. The van der Waals surface area contributed by atoms with Gasteiger partial charge in [0.15, 0.2) is 0 Å². The molecule has 1 atom stereocenters. The summed E-state index contributed by atoms with van der Waals surface area (Å²) in [6.07, 6.45) is 7.50. The summed E-state index contributed by atoms with van der Waals surface area (Å²) in [5, 5.41) is 5.72. The number of aromatic nitrogens is 2. The highest BCUT2D eigenvalue weighted by molar-refractivity contribution is 5.85. The van der Waals surface area contributed by atoms with Gasteiger partial charge in [-0.1, -0.05) is 6.07 Å². The van der Waals surface area contributed by atoms with E-state index in [-0.39, 0.29) is 6.04 Å². The van der Waals surface area contributed by atoms with Crippen LogP contribution in [-0.4, -0.2) is 51.3 Å². The van der Waals surface area contributed by atoms with E-state index >= 15 is 0 Å². The second-order valence-electron chi connectivity index (χ2n) is 11.7. The number of ether oxygens (including phenoxy) is 2. The van der Waals surface area contributed by atoms with Gasteiger partial charge in [-0.2, -0.15) is 0 Å². The van der Waals surface area contributed by atoms with Crippen molar-refractivity contribution in [3.8, 4) is 0 Å². The fourth-order valence-electron chi connectivity index (χ4n) is 4.51. The number of aryl methyl sites for hydroxylation is 1. The van der Waals surface area contributed by atoms with E-state index in [2.05, 4.69) is 26.6 Å². The zero-order chi connectivity index (χ0) is 27.8. The molecule has 38 heavy (non-hydrogen) atoms. The fourth-order valence-corrected chi connectivity index (χ4v) is 4.51. The Morgan fingerprint density at radius 2 is 1.66 bits per heavy atom. The van der Waals surface area contributed by atoms with Crippen LogP contribution >= 0.6 is 0 Å². The smallest absolute Gasteiger partial charge is 0.412 e. The number of carbonyl (C=O) groups excluding carboxylic acids is 2. The van der Waals surface area contributed by atoms with E-state index in [0.717, 1.165) is 50.0 Å². The number of rotatable bonds is 9. The molecule has 2 heterocycles. The molecule has 3 rings (SSSR count). The van der Waals surface area contributed by atoms with Crippen molar-refractivity contribution < 1.29 is 19.1 Å². The Morgan fingerprint density at radius 3 is 2.39 bits per heavy atom. The monoisotopic (exact) mass is 525 g/mol. The first-order chi connectivity index (χ1) is 17.9. The number of anilines is 1. The molecule has 0 aliphatic heterocycles. The Balaban J connectivity index is 1.71. The number of nitrogens with zero attached hydrogens (tertiary/aromatic N) is 3. The van der Waals surface area contributed by atoms with Crippen molar-refractivity contribution >= 4 is 17.9 Å². The highest BCUT2D eigenvalue weighted by Gasteiger charge is 2.28. The summed E-state index contributed by atoms with van der Waals surface area (Å²) >= 11 is 0. The van der Waals surface area contributed by atoms with Crippen LogP contribution in [-0.2, 0) is 22.4 Å². The third-order valence-electron chi connectivity index (χ3n) is 6.03. The molecule has 9 nitrogen and oxygen atoms in total. The van der Waals surface area contributed by atoms with Gasteiger partial charge in [-0.15, -0.1) is 0 Å². The number of carbonyl (C=O) groups is 2. The topological polar surface area (TPSA) is 106 Å². The highest BCUT2D eigenvalue weighted by Crippen LogP contribution is 2.34. The molecule has 0 radical (unpaired) electrons. The molecule has 1 aliphatic carbocycles. The van der Waals surface area contributed by atoms with Crippen LogP contribution in [0.5, 0.6) is 0 Å². The highest BCUT2D eigenvalue weighted by atomic mass is 16.6. The predicted octanol–water partition coefficient (Wildman–Crippen LogP) is 6.01. The molecule has 2 aromatic rings. The van der Waals surface area contributed by atoms with Crippen molar-refractivity contribution in [2.75, 3.05) is 18.4 Å². The number of amides is 2. The predicted molar refractivity (Wildman–Crippen MR) is 148 cm³/mol. The van der Waals surface area contributed by atoms with Crippen molar-refractivity contribution in [1.29, 1.82) is 0 Å². The summed E-state index contributed by atoms with van der Waals surface area (Å²) in [5.41, 5.74) is 2.69. The molecule has 9 heteroatoms. The van der Waals surface area contributed by atoms with E-state index < -0.39 is 23.4 Å². The van der Waals surface area contributed by atoms with Crippen LogP contribution in [0.15, 0.2) is 36.7 Å². The van der Waals surface area contributed by atoms with Crippen LogP contribution in [0.4, 0.5) is 15.3 Å². The van der Waals surface area contributed by atoms with E-state index in [9.17, 15) is 9.59 Å². The van der Waals surface area contributed by atoms with Crippen molar-refractivity contribution in [3.63, 3.8) is 0 Å². The first-order valence-corrected chi connectivity index (χ1v) is 13.5. The first kappa shape index (κ1) is 29.4. The van der Waals surface area contributed by atoms with E-state index in [4.69, 9.17) is 14.5 Å². The summed E-state index contributed by atoms with van der Waals surface area (Å²) in [7, 11) is 0. The normalized spacial score (nSPS) is 15.5. The Hall–Kier alpha value is -3.20. The maximum atomic E-state index is 12.5. The number of alkyl carbamates (subject to hydrolysis) is 1. The maximum Gasteiger partial charge on any atom is 0.412 e. The minimum atomic E-state index is -0.594. The minimum absolute atomic E-state index is 0.148. The van der Waals surface area contributed by atoms with Gasteiger partial charge in [0.1, 0.15) is 11.2 Å². The van der Waals surface area contributed by atoms with Crippen LogP contribution in [0.3, 0.4) is 0 Å². The zero-order valence-electron chi connectivity index (χ0n) is 23.7. The van der Waals surface area contributed by atoms with Gasteiger partial charge in [0, 0.05) is 25.5 Å². The molecule has 1 aliphatic rings. The van der Waals surface area contributed by atoms with Crippen LogP contribution < -0.4 is 10.6 Å². The van der Waals surface area contributed by atoms with E-state index in [1.807, 2.05) is 59.9 Å². The zero-order valence-corrected chi connectivity index (χ0v) is 23.7. The molecule has 2 amide bonds. The molecule has 0 spiro atoms. The first-order valence-electron chi connectivity index (χ1n) is 13.5. The lowest BCUT2D eigenvalue weighted by atomic mass is 9.90. The maximum absolute atomic E-state index is 12.5. The van der Waals surface area contributed by atoms with Gasteiger partial charge in [-0.3, -0.25) is 20.2 Å². The molecule has 2 N–H and O–H groups in total. The Morgan fingerprint density at radius 1 is 0.974 bits per heavy atom. The van der Waals surface area contributed by atoms with Crippen molar-refractivity contribution in [3.05, 3.63) is 53.6 Å². The fraction of sp³-hybridized carbons (Fsp3) is 0.586. The molecule has 1 unspecified atom stereocenters. The molecular weight excluding hydrogens is 482 g/mol. The number of pyridine rings is 2. The summed E-state index contributed by atoms with van der Waals surface area (Å²) < 4.78 is 10.8. The molecule has 0 fully saturated rings. The minimum Gasteiger partial charge on any atom is -0.444 e. The van der Waals surface area contributed by atoms with Gasteiger partial charge in [0.25, 0.3) is 0 Å². The van der Waals surface area contributed by atoms with Gasteiger partial charge in [0.2, 0.25) is 0 Å². The lowest BCUT2D eigenvalue weighted by molar-refractivity contribution is 0.0524. The quantitative estimate of drug-likeness (QED) is 0.386. The largest absolute Gasteiger partial charge is 0.444 e. The van der Waals surface area contributed by atoms with E-state index in [1.54, 1.807) is 12.3 Å². The lowest BCUT2D eigenvalue weighted by Crippen LogP contribution is -2.35. The Labute approximate surface area is 226 Å². The molecule has 0 bridgehead atoms. The molecule has 2 aromatic heterocycles.